The fourth-order valence-corrected chi connectivity index (χ4v) is 0.606. The summed E-state index contributed by atoms with van der Waals surface area (Å²) in [7, 11) is 1.30. The van der Waals surface area contributed by atoms with Gasteiger partial charge in [0.25, 0.3) is 0 Å². The van der Waals surface area contributed by atoms with E-state index >= 15 is 0 Å². The second-order valence-electron chi connectivity index (χ2n) is 2.48. The molecule has 0 aliphatic rings. The Bertz CT molecular complexity index is 289. The summed E-state index contributed by atoms with van der Waals surface area (Å²) in [6.07, 6.45) is 9.45. The maximum atomic E-state index is 10.8. The number of hydrogen-bond acceptors (Lipinski definition) is 2. The van der Waals surface area contributed by atoms with Crippen LogP contribution in [0.5, 0.6) is 0 Å². The standard InChI is InChI=1S/C10H13NO2.C3H6.C2H6/c1-4-6-8-9(7-5-2)11-10(12)13-3;1-3-2;1-2/h4-8H,1-2H2,3H3,(H,11,12);3H,1H2,2H3;1-2H3/b8-6-,9-7+;;. The van der Waals surface area contributed by atoms with Crippen LogP contribution in [0.2, 0.25) is 0 Å². The van der Waals surface area contributed by atoms with Gasteiger partial charge in [0.2, 0.25) is 0 Å². The third kappa shape index (κ3) is 19.5. The zero-order valence-corrected chi connectivity index (χ0v) is 11.9. The Morgan fingerprint density at radius 1 is 1.17 bits per heavy atom. The number of alkyl carbamates (subject to hydrolysis) is 1. The molecule has 0 rings (SSSR count). The van der Waals surface area contributed by atoms with Gasteiger partial charge in [0.15, 0.2) is 0 Å². The van der Waals surface area contributed by atoms with Crippen LogP contribution in [0, 0.1) is 0 Å². The molecule has 1 N–H and O–H groups in total. The Morgan fingerprint density at radius 3 is 2.00 bits per heavy atom. The number of carbonyl (C=O) groups is 1. The van der Waals surface area contributed by atoms with E-state index in [-0.39, 0.29) is 0 Å². The molecule has 0 unspecified atom stereocenters. The lowest BCUT2D eigenvalue weighted by Crippen LogP contribution is -2.21. The van der Waals surface area contributed by atoms with Crippen molar-refractivity contribution < 1.29 is 9.53 Å². The monoisotopic (exact) mass is 251 g/mol. The second kappa shape index (κ2) is 20.4. The third-order valence-electron chi connectivity index (χ3n) is 1.14. The van der Waals surface area contributed by atoms with Crippen molar-refractivity contribution in [2.24, 2.45) is 0 Å². The first-order chi connectivity index (χ1) is 8.65. The second-order valence-corrected chi connectivity index (χ2v) is 2.48. The van der Waals surface area contributed by atoms with E-state index in [4.69, 9.17) is 0 Å². The van der Waals surface area contributed by atoms with Crippen LogP contribution in [0.15, 0.2) is 61.9 Å². The van der Waals surface area contributed by atoms with E-state index < -0.39 is 6.09 Å². The van der Waals surface area contributed by atoms with Crippen molar-refractivity contribution in [3.05, 3.63) is 61.9 Å². The normalized spacial score (nSPS) is 9.00. The number of ether oxygens (including phenoxy) is 1. The van der Waals surface area contributed by atoms with E-state index in [1.807, 2.05) is 20.8 Å². The summed E-state index contributed by atoms with van der Waals surface area (Å²) in [5.74, 6) is 0. The Labute approximate surface area is 111 Å². The Hall–Kier alpha value is -2.03. The average Bonchev–Trinajstić information content (AvgIpc) is 2.39. The zero-order valence-electron chi connectivity index (χ0n) is 11.9. The molecule has 0 fully saturated rings. The minimum atomic E-state index is -0.512. The number of hydrogen-bond donors (Lipinski definition) is 1. The van der Waals surface area contributed by atoms with Gasteiger partial charge in [-0.15, -0.1) is 6.58 Å². The lowest BCUT2D eigenvalue weighted by atomic mass is 10.3. The summed E-state index contributed by atoms with van der Waals surface area (Å²) < 4.78 is 4.42. The minimum absolute atomic E-state index is 0.512. The lowest BCUT2D eigenvalue weighted by Gasteiger charge is -2.02. The van der Waals surface area contributed by atoms with Gasteiger partial charge in [0, 0.05) is 5.70 Å². The predicted molar refractivity (Wildman–Crippen MR) is 80.4 cm³/mol. The van der Waals surface area contributed by atoms with Crippen LogP contribution in [0.25, 0.3) is 0 Å². The molecule has 18 heavy (non-hydrogen) atoms. The first kappa shape index (κ1) is 21.3. The van der Waals surface area contributed by atoms with E-state index in [1.165, 1.54) is 7.11 Å². The van der Waals surface area contributed by atoms with Gasteiger partial charge in [-0.05, 0) is 19.1 Å². The lowest BCUT2D eigenvalue weighted by molar-refractivity contribution is 0.174. The van der Waals surface area contributed by atoms with E-state index in [9.17, 15) is 4.79 Å². The maximum Gasteiger partial charge on any atom is 0.411 e. The van der Waals surface area contributed by atoms with Crippen LogP contribution in [-0.4, -0.2) is 13.2 Å². The third-order valence-corrected chi connectivity index (χ3v) is 1.14. The van der Waals surface area contributed by atoms with Crippen LogP contribution < -0.4 is 5.32 Å². The highest BCUT2D eigenvalue weighted by Crippen LogP contribution is 1.93. The zero-order chi connectivity index (χ0) is 14.8. The van der Waals surface area contributed by atoms with Crippen molar-refractivity contribution in [2.45, 2.75) is 20.8 Å². The molecule has 0 bridgehead atoms. The molecular formula is C15H25NO2. The van der Waals surface area contributed by atoms with Crippen molar-refractivity contribution in [2.75, 3.05) is 7.11 Å². The molecule has 0 spiro atoms. The molecule has 3 nitrogen and oxygen atoms in total. The molecule has 0 radical (unpaired) electrons. The Kier molecular flexibility index (Phi) is 24.1. The van der Waals surface area contributed by atoms with Gasteiger partial charge >= 0.3 is 6.09 Å². The molecule has 0 aliphatic heterocycles. The summed E-state index contributed by atoms with van der Waals surface area (Å²) >= 11 is 0. The molecule has 1 amide bonds. The molecule has 3 heteroatoms. The molecule has 0 aromatic rings. The number of allylic oxidation sites excluding steroid dienone is 6. The average molecular weight is 251 g/mol. The molecule has 102 valence electrons. The van der Waals surface area contributed by atoms with Gasteiger partial charge in [0.1, 0.15) is 0 Å². The smallest absolute Gasteiger partial charge is 0.411 e. The Balaban J connectivity index is -0.000000389. The molecule has 0 atom stereocenters. The van der Waals surface area contributed by atoms with Crippen LogP contribution in [0.4, 0.5) is 4.79 Å². The SMILES string of the molecule is C=C/C=C\C(=C/C=C)NC(=O)OC.C=CC.CC. The largest absolute Gasteiger partial charge is 0.453 e. The van der Waals surface area contributed by atoms with Crippen LogP contribution in [0.1, 0.15) is 20.8 Å². The topological polar surface area (TPSA) is 38.3 Å². The molecule has 0 aliphatic carbocycles. The van der Waals surface area contributed by atoms with Crippen molar-refractivity contribution in [3.8, 4) is 0 Å². The van der Waals surface area contributed by atoms with E-state index in [2.05, 4.69) is 29.8 Å². The highest BCUT2D eigenvalue weighted by atomic mass is 16.5. The number of methoxy groups -OCH3 is 1. The number of amides is 1. The number of rotatable bonds is 4. The molecule has 0 heterocycles. The van der Waals surface area contributed by atoms with Gasteiger partial charge in [0.05, 0.1) is 7.11 Å². The van der Waals surface area contributed by atoms with Gasteiger partial charge in [-0.3, -0.25) is 5.32 Å². The van der Waals surface area contributed by atoms with Crippen LogP contribution in [-0.2, 0) is 4.74 Å². The van der Waals surface area contributed by atoms with Gasteiger partial charge in [-0.25, -0.2) is 4.79 Å². The fraction of sp³-hybridized carbons (Fsp3) is 0.267. The first-order valence-electron chi connectivity index (χ1n) is 5.70. The van der Waals surface area contributed by atoms with Crippen molar-refractivity contribution in [3.63, 3.8) is 0 Å². The maximum absolute atomic E-state index is 10.8. The van der Waals surface area contributed by atoms with Gasteiger partial charge < -0.3 is 4.74 Å². The molecular weight excluding hydrogens is 226 g/mol. The van der Waals surface area contributed by atoms with Gasteiger partial charge in [-0.2, -0.15) is 0 Å². The summed E-state index contributed by atoms with van der Waals surface area (Å²) in [4.78, 5) is 10.8. The Morgan fingerprint density at radius 2 is 1.67 bits per heavy atom. The predicted octanol–water partition coefficient (Wildman–Crippen LogP) is 4.37. The van der Waals surface area contributed by atoms with E-state index in [0.717, 1.165) is 0 Å². The summed E-state index contributed by atoms with van der Waals surface area (Å²) in [6, 6.07) is 0. The van der Waals surface area contributed by atoms with E-state index in [0.29, 0.717) is 5.70 Å². The summed E-state index contributed by atoms with van der Waals surface area (Å²) in [6.45, 7) is 16.3. The highest BCUT2D eigenvalue weighted by Gasteiger charge is 1.98. The van der Waals surface area contributed by atoms with Gasteiger partial charge in [-0.1, -0.05) is 51.3 Å². The van der Waals surface area contributed by atoms with Crippen molar-refractivity contribution in [1.82, 2.24) is 5.32 Å². The first-order valence-corrected chi connectivity index (χ1v) is 5.70. The number of carbonyl (C=O) groups excluding carboxylic acids is 1. The fourth-order valence-electron chi connectivity index (χ4n) is 0.606. The molecule has 0 saturated carbocycles. The van der Waals surface area contributed by atoms with Crippen LogP contribution >= 0.6 is 0 Å². The summed E-state index contributed by atoms with van der Waals surface area (Å²) in [5, 5.41) is 2.50. The molecule has 0 aromatic carbocycles. The number of nitrogens with one attached hydrogen (secondary N) is 1. The van der Waals surface area contributed by atoms with Crippen LogP contribution in [0.3, 0.4) is 0 Å². The quantitative estimate of drug-likeness (QED) is 0.595. The summed E-state index contributed by atoms with van der Waals surface area (Å²) in [5.41, 5.74) is 0.599. The molecule has 0 aromatic heterocycles. The van der Waals surface area contributed by atoms with Crippen molar-refractivity contribution >= 4 is 6.09 Å². The van der Waals surface area contributed by atoms with E-state index in [1.54, 1.807) is 36.5 Å². The molecule has 0 saturated heterocycles. The highest BCUT2D eigenvalue weighted by molar-refractivity contribution is 5.70. The van der Waals surface area contributed by atoms with Crippen molar-refractivity contribution in [1.29, 1.82) is 0 Å². The minimum Gasteiger partial charge on any atom is -0.453 e.